The average Bonchev–Trinajstić information content (AvgIpc) is 3.04. The summed E-state index contributed by atoms with van der Waals surface area (Å²) in [4.78, 5) is 22.7. The SMILES string of the molecule is COc1ccc(Cc2nc3sc(C)c(-c4ccc(C(C)(C)C)cc4)c3c(=O)[nH]2)cc1. The summed E-state index contributed by atoms with van der Waals surface area (Å²) in [5.74, 6) is 1.49. The van der Waals surface area contributed by atoms with Gasteiger partial charge >= 0.3 is 0 Å². The minimum Gasteiger partial charge on any atom is -0.497 e. The first-order valence-electron chi connectivity index (χ1n) is 10.0. The second kappa shape index (κ2) is 7.73. The third-order valence-electron chi connectivity index (χ3n) is 5.36. The molecule has 0 fully saturated rings. The minimum absolute atomic E-state index is 0.0808. The molecule has 30 heavy (non-hydrogen) atoms. The van der Waals surface area contributed by atoms with Gasteiger partial charge in [-0.05, 0) is 41.2 Å². The van der Waals surface area contributed by atoms with Crippen molar-refractivity contribution in [3.05, 3.63) is 80.7 Å². The first kappa shape index (κ1) is 20.4. The molecule has 2 heterocycles. The molecule has 0 saturated carbocycles. The van der Waals surface area contributed by atoms with Crippen molar-refractivity contribution in [1.29, 1.82) is 0 Å². The Morgan fingerprint density at radius 3 is 2.30 bits per heavy atom. The maximum absolute atomic E-state index is 13.0. The molecule has 0 aliphatic heterocycles. The highest BCUT2D eigenvalue weighted by molar-refractivity contribution is 7.19. The highest BCUT2D eigenvalue weighted by atomic mass is 32.1. The molecule has 4 aromatic rings. The second-order valence-electron chi connectivity index (χ2n) is 8.58. The monoisotopic (exact) mass is 418 g/mol. The number of hydrogen-bond acceptors (Lipinski definition) is 4. The summed E-state index contributed by atoms with van der Waals surface area (Å²) in [6, 6.07) is 16.3. The van der Waals surface area contributed by atoms with Crippen LogP contribution in [0.2, 0.25) is 0 Å². The third kappa shape index (κ3) is 3.90. The van der Waals surface area contributed by atoms with E-state index < -0.39 is 0 Å². The number of hydrogen-bond donors (Lipinski definition) is 1. The molecule has 4 nitrogen and oxygen atoms in total. The van der Waals surface area contributed by atoms with Crippen molar-refractivity contribution in [2.24, 2.45) is 0 Å². The minimum atomic E-state index is -0.0808. The predicted molar refractivity (Wildman–Crippen MR) is 125 cm³/mol. The standard InChI is InChI=1S/C25H26N2O2S/c1-15-21(17-8-10-18(11-9-17)25(2,3)4)22-23(28)26-20(27-24(22)30-15)14-16-6-12-19(29-5)13-7-16/h6-13H,14H2,1-5H3,(H,26,27,28). The molecule has 0 saturated heterocycles. The summed E-state index contributed by atoms with van der Waals surface area (Å²) < 4.78 is 5.21. The van der Waals surface area contributed by atoms with Crippen LogP contribution in [-0.4, -0.2) is 17.1 Å². The van der Waals surface area contributed by atoms with Gasteiger partial charge in [0.25, 0.3) is 5.56 Å². The van der Waals surface area contributed by atoms with Crippen molar-refractivity contribution >= 4 is 21.6 Å². The fourth-order valence-corrected chi connectivity index (χ4v) is 4.73. The molecule has 0 atom stereocenters. The number of methoxy groups -OCH3 is 1. The molecule has 0 amide bonds. The smallest absolute Gasteiger partial charge is 0.260 e. The van der Waals surface area contributed by atoms with Gasteiger partial charge in [0.15, 0.2) is 0 Å². The Hall–Kier alpha value is -2.92. The molecular formula is C25H26N2O2S. The Morgan fingerprint density at radius 2 is 1.70 bits per heavy atom. The zero-order chi connectivity index (χ0) is 21.5. The lowest BCUT2D eigenvalue weighted by atomic mass is 9.86. The summed E-state index contributed by atoms with van der Waals surface area (Å²) >= 11 is 1.58. The van der Waals surface area contributed by atoms with E-state index in [9.17, 15) is 4.79 Å². The van der Waals surface area contributed by atoms with Gasteiger partial charge in [-0.25, -0.2) is 4.98 Å². The molecular weight excluding hydrogens is 392 g/mol. The first-order valence-corrected chi connectivity index (χ1v) is 10.8. The number of thiophene rings is 1. The molecule has 2 aromatic carbocycles. The van der Waals surface area contributed by atoms with Gasteiger partial charge in [-0.2, -0.15) is 0 Å². The summed E-state index contributed by atoms with van der Waals surface area (Å²) in [7, 11) is 1.65. The van der Waals surface area contributed by atoms with Crippen LogP contribution in [0.25, 0.3) is 21.3 Å². The normalized spacial score (nSPS) is 11.8. The Labute approximate surface area is 180 Å². The van der Waals surface area contributed by atoms with E-state index in [0.29, 0.717) is 17.6 Å². The fourth-order valence-electron chi connectivity index (χ4n) is 3.67. The number of nitrogens with one attached hydrogen (secondary N) is 1. The number of H-pyrrole nitrogens is 1. The van der Waals surface area contributed by atoms with Gasteiger partial charge in [0.1, 0.15) is 16.4 Å². The predicted octanol–water partition coefficient (Wildman–Crippen LogP) is 5.86. The topological polar surface area (TPSA) is 55.0 Å². The van der Waals surface area contributed by atoms with Crippen molar-refractivity contribution in [3.63, 3.8) is 0 Å². The van der Waals surface area contributed by atoms with Gasteiger partial charge in [-0.3, -0.25) is 4.79 Å². The maximum atomic E-state index is 13.0. The Balaban J connectivity index is 1.73. The molecule has 4 rings (SSSR count). The lowest BCUT2D eigenvalue weighted by Gasteiger charge is -2.19. The highest BCUT2D eigenvalue weighted by Gasteiger charge is 2.18. The Morgan fingerprint density at radius 1 is 1.03 bits per heavy atom. The number of aromatic amines is 1. The second-order valence-corrected chi connectivity index (χ2v) is 9.78. The van der Waals surface area contributed by atoms with Gasteiger partial charge in [-0.1, -0.05) is 57.2 Å². The zero-order valence-corrected chi connectivity index (χ0v) is 18.8. The summed E-state index contributed by atoms with van der Waals surface area (Å²) in [6.07, 6.45) is 0.571. The number of nitrogens with zero attached hydrogens (tertiary/aromatic N) is 1. The number of fused-ring (bicyclic) bond motifs is 1. The van der Waals surface area contributed by atoms with Crippen LogP contribution in [0.4, 0.5) is 0 Å². The van der Waals surface area contributed by atoms with Gasteiger partial charge in [0.2, 0.25) is 0 Å². The van der Waals surface area contributed by atoms with Crippen LogP contribution in [0.1, 0.15) is 42.6 Å². The maximum Gasteiger partial charge on any atom is 0.260 e. The largest absolute Gasteiger partial charge is 0.497 e. The van der Waals surface area contributed by atoms with E-state index in [1.807, 2.05) is 24.3 Å². The molecule has 0 bridgehead atoms. The van der Waals surface area contributed by atoms with Crippen molar-refractivity contribution in [2.45, 2.75) is 39.5 Å². The van der Waals surface area contributed by atoms with Crippen LogP contribution < -0.4 is 10.3 Å². The summed E-state index contributed by atoms with van der Waals surface area (Å²) in [6.45, 7) is 8.66. The van der Waals surface area contributed by atoms with Crippen LogP contribution in [0.5, 0.6) is 5.75 Å². The van der Waals surface area contributed by atoms with Crippen LogP contribution in [0.15, 0.2) is 53.3 Å². The third-order valence-corrected chi connectivity index (χ3v) is 6.36. The van der Waals surface area contributed by atoms with Crippen LogP contribution in [0.3, 0.4) is 0 Å². The van der Waals surface area contributed by atoms with Crippen molar-refractivity contribution in [2.75, 3.05) is 7.11 Å². The van der Waals surface area contributed by atoms with E-state index >= 15 is 0 Å². The fraction of sp³-hybridized carbons (Fsp3) is 0.280. The molecule has 0 spiro atoms. The van der Waals surface area contributed by atoms with Crippen LogP contribution >= 0.6 is 11.3 Å². The number of rotatable bonds is 4. The average molecular weight is 419 g/mol. The van der Waals surface area contributed by atoms with Crippen molar-refractivity contribution in [3.8, 4) is 16.9 Å². The van der Waals surface area contributed by atoms with E-state index in [4.69, 9.17) is 9.72 Å². The Bertz CT molecular complexity index is 1240. The van der Waals surface area contributed by atoms with E-state index in [1.165, 1.54) is 5.56 Å². The molecule has 5 heteroatoms. The lowest BCUT2D eigenvalue weighted by molar-refractivity contribution is 0.414. The molecule has 0 aliphatic rings. The summed E-state index contributed by atoms with van der Waals surface area (Å²) in [5, 5.41) is 0.680. The molecule has 0 aliphatic carbocycles. The van der Waals surface area contributed by atoms with Crippen LogP contribution in [0, 0.1) is 6.92 Å². The van der Waals surface area contributed by atoms with Crippen molar-refractivity contribution in [1.82, 2.24) is 9.97 Å². The molecule has 0 unspecified atom stereocenters. The van der Waals surface area contributed by atoms with Gasteiger partial charge < -0.3 is 9.72 Å². The van der Waals surface area contributed by atoms with Gasteiger partial charge in [0, 0.05) is 16.9 Å². The van der Waals surface area contributed by atoms with E-state index in [1.54, 1.807) is 18.4 Å². The quantitative estimate of drug-likeness (QED) is 0.452. The van der Waals surface area contributed by atoms with Gasteiger partial charge in [0.05, 0.1) is 12.5 Å². The first-order chi connectivity index (χ1) is 14.3. The zero-order valence-electron chi connectivity index (χ0n) is 18.0. The summed E-state index contributed by atoms with van der Waals surface area (Å²) in [5.41, 5.74) is 4.41. The van der Waals surface area contributed by atoms with E-state index in [0.717, 1.165) is 32.1 Å². The number of aryl methyl sites for hydroxylation is 1. The van der Waals surface area contributed by atoms with E-state index in [-0.39, 0.29) is 11.0 Å². The number of benzene rings is 2. The number of aromatic nitrogens is 2. The van der Waals surface area contributed by atoms with Crippen LogP contribution in [-0.2, 0) is 11.8 Å². The molecule has 154 valence electrons. The highest BCUT2D eigenvalue weighted by Crippen LogP contribution is 2.36. The molecule has 1 N–H and O–H groups in total. The Kier molecular flexibility index (Phi) is 5.24. The number of ether oxygens (including phenoxy) is 1. The van der Waals surface area contributed by atoms with Gasteiger partial charge in [-0.15, -0.1) is 11.3 Å². The molecule has 2 aromatic heterocycles. The van der Waals surface area contributed by atoms with Crippen molar-refractivity contribution < 1.29 is 4.74 Å². The van der Waals surface area contributed by atoms with E-state index in [2.05, 4.69) is 56.9 Å². The molecule has 0 radical (unpaired) electrons. The lowest BCUT2D eigenvalue weighted by Crippen LogP contribution is -2.12.